The average Bonchev–Trinajstić information content (AvgIpc) is 2.63. The lowest BCUT2D eigenvalue weighted by Gasteiger charge is -2.01. The summed E-state index contributed by atoms with van der Waals surface area (Å²) in [5.74, 6) is 0.101. The first-order valence-electron chi connectivity index (χ1n) is 7.40. The molecule has 114 valence electrons. The second-order valence-corrected chi connectivity index (χ2v) is 5.18. The minimum atomic E-state index is 0.101. The summed E-state index contributed by atoms with van der Waals surface area (Å²) in [6.45, 7) is 0.336. The van der Waals surface area contributed by atoms with Gasteiger partial charge in [-0.1, -0.05) is 30.3 Å². The van der Waals surface area contributed by atoms with Gasteiger partial charge in [-0.2, -0.15) is 4.57 Å². The Morgan fingerprint density at radius 1 is 0.870 bits per heavy atom. The third-order valence-corrected chi connectivity index (χ3v) is 3.66. The average molecular weight is 306 g/mol. The Balaban J connectivity index is 1.73. The zero-order chi connectivity index (χ0) is 16.1. The summed E-state index contributed by atoms with van der Waals surface area (Å²) in [6, 6.07) is 17.3. The number of carbonyl (C=O) groups excluding carboxylic acids is 1. The highest BCUT2D eigenvalue weighted by atomic mass is 16.6. The van der Waals surface area contributed by atoms with E-state index in [2.05, 4.69) is 0 Å². The highest BCUT2D eigenvalue weighted by molar-refractivity contribution is 5.94. The number of Topliss-reactive ketones (excluding diaryl/α,β-unsaturated/α-hetero) is 1. The van der Waals surface area contributed by atoms with Crippen LogP contribution in [0.2, 0.25) is 0 Å². The smallest absolute Gasteiger partial charge is 0.227 e. The number of benzene rings is 1. The van der Waals surface area contributed by atoms with Gasteiger partial charge in [0.1, 0.15) is 7.11 Å². The first-order chi connectivity index (χ1) is 11.3. The van der Waals surface area contributed by atoms with Gasteiger partial charge in [-0.15, -0.1) is 0 Å². The van der Waals surface area contributed by atoms with Crippen molar-refractivity contribution < 1.29 is 18.9 Å². The van der Waals surface area contributed by atoms with Crippen molar-refractivity contribution in [1.29, 1.82) is 0 Å². The zero-order valence-electron chi connectivity index (χ0n) is 12.9. The first-order valence-corrected chi connectivity index (χ1v) is 7.40. The van der Waals surface area contributed by atoms with Gasteiger partial charge < -0.3 is 0 Å². The van der Waals surface area contributed by atoms with Crippen molar-refractivity contribution in [2.75, 3.05) is 7.11 Å². The second kappa shape index (κ2) is 6.83. The highest BCUT2D eigenvalue weighted by Crippen LogP contribution is 2.15. The van der Waals surface area contributed by atoms with Crippen LogP contribution in [0.3, 0.4) is 0 Å². The van der Waals surface area contributed by atoms with E-state index in [1.54, 1.807) is 11.8 Å². The molecule has 0 saturated heterocycles. The minimum Gasteiger partial charge on any atom is -0.287 e. The van der Waals surface area contributed by atoms with Gasteiger partial charge in [0, 0.05) is 34.6 Å². The first kappa shape index (κ1) is 14.9. The molecular formula is C19H18N2O2+2. The lowest BCUT2D eigenvalue weighted by atomic mass is 10.1. The van der Waals surface area contributed by atoms with Crippen molar-refractivity contribution in [2.45, 2.75) is 6.54 Å². The summed E-state index contributed by atoms with van der Waals surface area (Å²) in [5.41, 5.74) is 2.92. The molecule has 3 rings (SSSR count). The van der Waals surface area contributed by atoms with Crippen LogP contribution >= 0.6 is 0 Å². The maximum absolute atomic E-state index is 12.2. The molecule has 0 amide bonds. The lowest BCUT2D eigenvalue weighted by Crippen LogP contribution is -2.39. The van der Waals surface area contributed by atoms with E-state index in [4.69, 9.17) is 4.84 Å². The number of rotatable bonds is 5. The Hall–Kier alpha value is -3.01. The molecule has 4 nitrogen and oxygen atoms in total. The van der Waals surface area contributed by atoms with Crippen molar-refractivity contribution in [3.8, 4) is 11.1 Å². The van der Waals surface area contributed by atoms with E-state index in [9.17, 15) is 4.79 Å². The van der Waals surface area contributed by atoms with Crippen LogP contribution in [0.25, 0.3) is 11.1 Å². The molecule has 3 aromatic rings. The third kappa shape index (κ3) is 3.61. The van der Waals surface area contributed by atoms with Crippen molar-refractivity contribution in [3.63, 3.8) is 0 Å². The molecule has 0 fully saturated rings. The van der Waals surface area contributed by atoms with Crippen LogP contribution < -0.4 is 14.1 Å². The Labute approximate surface area is 135 Å². The zero-order valence-corrected chi connectivity index (χ0v) is 12.9. The maximum atomic E-state index is 12.2. The molecular weight excluding hydrogens is 288 g/mol. The van der Waals surface area contributed by atoms with E-state index in [0.717, 1.165) is 16.7 Å². The maximum Gasteiger partial charge on any atom is 0.227 e. The molecule has 1 aromatic carbocycles. The molecule has 0 bridgehead atoms. The standard InChI is InChI=1S/C19H18N2O2/c1-23-21-13-9-17(10-14-21)16-7-11-20(12-8-16)15-19(22)18-5-3-2-4-6-18/h2-14H,15H2,1H3/q+2. The SMILES string of the molecule is CO[n+]1ccc(-c2cc[n+](CC(=O)c3ccccc3)cc2)cc1. The molecule has 0 aliphatic carbocycles. The van der Waals surface area contributed by atoms with E-state index in [0.29, 0.717) is 6.54 Å². The monoisotopic (exact) mass is 306 g/mol. The largest absolute Gasteiger partial charge is 0.287 e. The van der Waals surface area contributed by atoms with Crippen molar-refractivity contribution >= 4 is 5.78 Å². The summed E-state index contributed by atoms with van der Waals surface area (Å²) in [4.78, 5) is 17.3. The van der Waals surface area contributed by atoms with Crippen LogP contribution in [0, 0.1) is 0 Å². The topological polar surface area (TPSA) is 34.1 Å². The molecule has 4 heteroatoms. The predicted octanol–water partition coefficient (Wildman–Crippen LogP) is 1.87. The normalized spacial score (nSPS) is 10.3. The van der Waals surface area contributed by atoms with Crippen molar-refractivity contribution in [1.82, 2.24) is 0 Å². The number of pyridine rings is 2. The Bertz CT molecular complexity index is 782. The van der Waals surface area contributed by atoms with Gasteiger partial charge in [-0.25, -0.2) is 0 Å². The van der Waals surface area contributed by atoms with Gasteiger partial charge in [0.2, 0.25) is 24.7 Å². The van der Waals surface area contributed by atoms with Crippen molar-refractivity contribution in [3.05, 3.63) is 84.9 Å². The molecule has 0 aliphatic heterocycles. The molecule has 2 aromatic heterocycles. The Kier molecular flexibility index (Phi) is 4.43. The van der Waals surface area contributed by atoms with Crippen LogP contribution in [-0.2, 0) is 6.54 Å². The third-order valence-electron chi connectivity index (χ3n) is 3.66. The second-order valence-electron chi connectivity index (χ2n) is 5.18. The molecule has 0 saturated carbocycles. The molecule has 0 N–H and O–H groups in total. The van der Waals surface area contributed by atoms with E-state index in [1.807, 2.05) is 84.0 Å². The fourth-order valence-electron chi connectivity index (χ4n) is 2.36. The number of hydrogen-bond acceptors (Lipinski definition) is 2. The summed E-state index contributed by atoms with van der Waals surface area (Å²) in [6.07, 6.45) is 7.56. The molecule has 2 heterocycles. The highest BCUT2D eigenvalue weighted by Gasteiger charge is 2.12. The molecule has 23 heavy (non-hydrogen) atoms. The van der Waals surface area contributed by atoms with E-state index >= 15 is 0 Å². The van der Waals surface area contributed by atoms with E-state index in [1.165, 1.54) is 0 Å². The number of hydrogen-bond donors (Lipinski definition) is 0. The number of aromatic nitrogens is 2. The minimum absolute atomic E-state index is 0.101. The lowest BCUT2D eigenvalue weighted by molar-refractivity contribution is -0.885. The molecule has 0 unspecified atom stereocenters. The van der Waals surface area contributed by atoms with Crippen LogP contribution in [0.5, 0.6) is 0 Å². The molecule has 0 radical (unpaired) electrons. The number of nitrogens with zero attached hydrogens (tertiary/aromatic N) is 2. The van der Waals surface area contributed by atoms with Gasteiger partial charge in [0.25, 0.3) is 0 Å². The Morgan fingerprint density at radius 3 is 2.00 bits per heavy atom. The fourth-order valence-corrected chi connectivity index (χ4v) is 2.36. The van der Waals surface area contributed by atoms with Gasteiger partial charge in [-0.05, 0) is 11.1 Å². The summed E-state index contributed by atoms with van der Waals surface area (Å²) < 4.78 is 3.52. The van der Waals surface area contributed by atoms with Gasteiger partial charge >= 0.3 is 0 Å². The van der Waals surface area contributed by atoms with Crippen LogP contribution in [0.1, 0.15) is 10.4 Å². The number of carbonyl (C=O) groups is 1. The van der Waals surface area contributed by atoms with Crippen LogP contribution in [0.4, 0.5) is 0 Å². The number of ketones is 1. The summed E-state index contributed by atoms with van der Waals surface area (Å²) >= 11 is 0. The molecule has 0 spiro atoms. The van der Waals surface area contributed by atoms with Gasteiger partial charge in [0.15, 0.2) is 12.4 Å². The van der Waals surface area contributed by atoms with E-state index < -0.39 is 0 Å². The van der Waals surface area contributed by atoms with Gasteiger partial charge in [0.05, 0.1) is 0 Å². The van der Waals surface area contributed by atoms with Crippen LogP contribution in [-0.4, -0.2) is 12.9 Å². The summed E-state index contributed by atoms with van der Waals surface area (Å²) in [5, 5.41) is 0. The fraction of sp³-hybridized carbons (Fsp3) is 0.105. The van der Waals surface area contributed by atoms with Gasteiger partial charge in [-0.3, -0.25) is 9.63 Å². The molecule has 0 aliphatic rings. The van der Waals surface area contributed by atoms with Crippen LogP contribution in [0.15, 0.2) is 79.4 Å². The van der Waals surface area contributed by atoms with E-state index in [-0.39, 0.29) is 5.78 Å². The predicted molar refractivity (Wildman–Crippen MR) is 85.5 cm³/mol. The quantitative estimate of drug-likeness (QED) is 0.533. The molecule has 0 atom stereocenters. The Morgan fingerprint density at radius 2 is 1.43 bits per heavy atom. The summed E-state index contributed by atoms with van der Waals surface area (Å²) in [7, 11) is 1.62. The van der Waals surface area contributed by atoms with Crippen molar-refractivity contribution in [2.24, 2.45) is 0 Å².